The Bertz CT molecular complexity index is 585. The number of amides is 1. The summed E-state index contributed by atoms with van der Waals surface area (Å²) >= 11 is 1.64. The van der Waals surface area contributed by atoms with Crippen molar-refractivity contribution in [3.05, 3.63) is 22.4 Å². The summed E-state index contributed by atoms with van der Waals surface area (Å²) in [6.07, 6.45) is 1.91. The van der Waals surface area contributed by atoms with Crippen molar-refractivity contribution in [2.45, 2.75) is 18.9 Å². The van der Waals surface area contributed by atoms with Crippen molar-refractivity contribution in [2.24, 2.45) is 0 Å². The molecule has 0 radical (unpaired) electrons. The highest BCUT2D eigenvalue weighted by atomic mass is 32.2. The van der Waals surface area contributed by atoms with Gasteiger partial charge in [0.2, 0.25) is 10.0 Å². The maximum atomic E-state index is 12.3. The van der Waals surface area contributed by atoms with Crippen molar-refractivity contribution in [1.29, 1.82) is 0 Å². The van der Waals surface area contributed by atoms with E-state index in [1.165, 1.54) is 9.18 Å². The van der Waals surface area contributed by atoms with E-state index in [1.807, 2.05) is 17.5 Å². The molecular formula is C13H20N2O4S2. The van der Waals surface area contributed by atoms with Crippen LogP contribution in [-0.4, -0.2) is 56.7 Å². The Morgan fingerprint density at radius 2 is 2.33 bits per heavy atom. The van der Waals surface area contributed by atoms with E-state index in [0.717, 1.165) is 12.7 Å². The van der Waals surface area contributed by atoms with Crippen LogP contribution in [0.25, 0.3) is 0 Å². The maximum Gasteiger partial charge on any atom is 0.253 e. The number of thiophene rings is 1. The zero-order valence-corrected chi connectivity index (χ0v) is 13.8. The summed E-state index contributed by atoms with van der Waals surface area (Å²) in [4.78, 5) is 13.5. The van der Waals surface area contributed by atoms with E-state index in [0.29, 0.717) is 6.54 Å². The molecule has 0 aliphatic carbocycles. The van der Waals surface area contributed by atoms with Gasteiger partial charge in [-0.3, -0.25) is 4.79 Å². The van der Waals surface area contributed by atoms with Gasteiger partial charge in [-0.25, -0.2) is 8.42 Å². The summed E-state index contributed by atoms with van der Waals surface area (Å²) in [7, 11) is -3.31. The molecule has 1 aromatic rings. The van der Waals surface area contributed by atoms with E-state index in [9.17, 15) is 13.2 Å². The van der Waals surface area contributed by atoms with Crippen LogP contribution in [-0.2, 0) is 26.0 Å². The van der Waals surface area contributed by atoms with Crippen molar-refractivity contribution in [2.75, 3.05) is 32.5 Å². The molecule has 21 heavy (non-hydrogen) atoms. The largest absolute Gasteiger partial charge is 0.363 e. The van der Waals surface area contributed by atoms with Gasteiger partial charge in [-0.2, -0.15) is 4.31 Å². The van der Waals surface area contributed by atoms with Gasteiger partial charge in [-0.15, -0.1) is 11.3 Å². The van der Waals surface area contributed by atoms with Crippen molar-refractivity contribution >= 4 is 27.3 Å². The molecule has 2 rings (SSSR count). The van der Waals surface area contributed by atoms with Gasteiger partial charge in [-0.1, -0.05) is 6.07 Å². The molecule has 1 N–H and O–H groups in total. The average molecular weight is 332 g/mol. The Kier molecular flexibility index (Phi) is 5.03. The molecule has 1 aliphatic heterocycles. The van der Waals surface area contributed by atoms with Gasteiger partial charge in [0.05, 0.1) is 19.4 Å². The molecule has 1 amide bonds. The Labute approximate surface area is 129 Å². The molecule has 0 aromatic carbocycles. The second kappa shape index (κ2) is 6.43. The third-order valence-electron chi connectivity index (χ3n) is 3.43. The summed E-state index contributed by atoms with van der Waals surface area (Å²) in [5, 5.41) is 4.82. The van der Waals surface area contributed by atoms with E-state index < -0.39 is 15.6 Å². The number of carbonyl (C=O) groups is 1. The minimum Gasteiger partial charge on any atom is -0.363 e. The summed E-state index contributed by atoms with van der Waals surface area (Å²) in [5.74, 6) is -0.271. The first kappa shape index (κ1) is 16.4. The maximum absolute atomic E-state index is 12.3. The van der Waals surface area contributed by atoms with Crippen LogP contribution in [0.2, 0.25) is 0 Å². The number of hydrogen-bond acceptors (Lipinski definition) is 5. The summed E-state index contributed by atoms with van der Waals surface area (Å²) in [6.45, 7) is 2.71. The Balaban J connectivity index is 1.90. The Morgan fingerprint density at radius 1 is 1.57 bits per heavy atom. The fourth-order valence-corrected chi connectivity index (χ4v) is 3.79. The molecule has 2 heterocycles. The highest BCUT2D eigenvalue weighted by molar-refractivity contribution is 7.88. The highest BCUT2D eigenvalue weighted by Crippen LogP contribution is 2.20. The number of ether oxygens (including phenoxy) is 1. The van der Waals surface area contributed by atoms with Crippen LogP contribution in [0.15, 0.2) is 17.5 Å². The minimum atomic E-state index is -3.31. The molecule has 0 bridgehead atoms. The van der Waals surface area contributed by atoms with Crippen molar-refractivity contribution in [3.63, 3.8) is 0 Å². The number of carbonyl (C=O) groups excluding carboxylic acids is 1. The molecule has 0 spiro atoms. The molecule has 6 nitrogen and oxygen atoms in total. The Hall–Kier alpha value is -0.960. The van der Waals surface area contributed by atoms with Gasteiger partial charge < -0.3 is 10.1 Å². The van der Waals surface area contributed by atoms with E-state index in [2.05, 4.69) is 5.32 Å². The zero-order chi connectivity index (χ0) is 15.5. The number of morpholine rings is 1. The molecule has 1 aliphatic rings. The standard InChI is InChI=1S/C13H20N2O4S2/c1-13(10-15(7-8-19-13)21(2,17)18)12(16)14-6-5-11-4-3-9-20-11/h3-4,9H,5-8,10H2,1-2H3,(H,14,16). The van der Waals surface area contributed by atoms with E-state index in [1.54, 1.807) is 18.3 Å². The predicted molar refractivity (Wildman–Crippen MR) is 81.8 cm³/mol. The van der Waals surface area contributed by atoms with Gasteiger partial charge in [0.15, 0.2) is 5.60 Å². The molecular weight excluding hydrogens is 312 g/mol. The topological polar surface area (TPSA) is 75.7 Å². The first-order valence-electron chi connectivity index (χ1n) is 6.71. The van der Waals surface area contributed by atoms with Crippen molar-refractivity contribution < 1.29 is 17.9 Å². The fraction of sp³-hybridized carbons (Fsp3) is 0.615. The summed E-state index contributed by atoms with van der Waals surface area (Å²) in [5.41, 5.74) is -1.13. The second-order valence-corrected chi connectivity index (χ2v) is 8.28. The smallest absolute Gasteiger partial charge is 0.253 e. The third-order valence-corrected chi connectivity index (χ3v) is 5.61. The number of nitrogens with zero attached hydrogens (tertiary/aromatic N) is 1. The number of sulfonamides is 1. The van der Waals surface area contributed by atoms with Gasteiger partial charge >= 0.3 is 0 Å². The monoisotopic (exact) mass is 332 g/mol. The molecule has 0 saturated carbocycles. The summed E-state index contributed by atoms with van der Waals surface area (Å²) < 4.78 is 30.0. The molecule has 8 heteroatoms. The normalized spacial score (nSPS) is 23.9. The van der Waals surface area contributed by atoms with Gasteiger partial charge in [-0.05, 0) is 24.8 Å². The molecule has 1 aromatic heterocycles. The van der Waals surface area contributed by atoms with Crippen molar-refractivity contribution in [1.82, 2.24) is 9.62 Å². The molecule has 1 saturated heterocycles. The van der Waals surface area contributed by atoms with Crippen LogP contribution < -0.4 is 5.32 Å². The third kappa shape index (κ3) is 4.26. The fourth-order valence-electron chi connectivity index (χ4n) is 2.20. The Morgan fingerprint density at radius 3 is 2.95 bits per heavy atom. The van der Waals surface area contributed by atoms with Crippen LogP contribution in [0.4, 0.5) is 0 Å². The van der Waals surface area contributed by atoms with Crippen LogP contribution in [0.3, 0.4) is 0 Å². The van der Waals surface area contributed by atoms with Crippen LogP contribution in [0, 0.1) is 0 Å². The lowest BCUT2D eigenvalue weighted by Gasteiger charge is -2.37. The van der Waals surface area contributed by atoms with Crippen molar-refractivity contribution in [3.8, 4) is 0 Å². The van der Waals surface area contributed by atoms with Gasteiger partial charge in [0.25, 0.3) is 5.91 Å². The minimum absolute atomic E-state index is 0.0523. The first-order chi connectivity index (χ1) is 9.81. The quantitative estimate of drug-likeness (QED) is 0.850. The van der Waals surface area contributed by atoms with E-state index in [4.69, 9.17) is 4.74 Å². The molecule has 1 atom stereocenters. The first-order valence-corrected chi connectivity index (χ1v) is 9.44. The van der Waals surface area contributed by atoms with Crippen LogP contribution in [0.5, 0.6) is 0 Å². The second-order valence-electron chi connectivity index (χ2n) is 5.26. The lowest BCUT2D eigenvalue weighted by molar-refractivity contribution is -0.152. The molecule has 1 unspecified atom stereocenters. The van der Waals surface area contributed by atoms with Gasteiger partial charge in [0, 0.05) is 18.0 Å². The lowest BCUT2D eigenvalue weighted by Crippen LogP contribution is -2.59. The number of hydrogen-bond donors (Lipinski definition) is 1. The molecule has 118 valence electrons. The number of nitrogens with one attached hydrogen (secondary N) is 1. The van der Waals surface area contributed by atoms with Gasteiger partial charge in [0.1, 0.15) is 0 Å². The molecule has 1 fully saturated rings. The van der Waals surface area contributed by atoms with Crippen LogP contribution in [0.1, 0.15) is 11.8 Å². The van der Waals surface area contributed by atoms with E-state index in [-0.39, 0.29) is 25.6 Å². The predicted octanol–water partition coefficient (Wildman–Crippen LogP) is 0.457. The number of rotatable bonds is 5. The zero-order valence-electron chi connectivity index (χ0n) is 12.2. The lowest BCUT2D eigenvalue weighted by atomic mass is 10.0. The van der Waals surface area contributed by atoms with Crippen LogP contribution >= 0.6 is 11.3 Å². The van der Waals surface area contributed by atoms with E-state index >= 15 is 0 Å². The average Bonchev–Trinajstić information content (AvgIpc) is 2.91. The summed E-state index contributed by atoms with van der Waals surface area (Å²) in [6, 6.07) is 3.98. The SMILES string of the molecule is CC1(C(=O)NCCc2cccs2)CN(S(C)(=O)=O)CCO1. The highest BCUT2D eigenvalue weighted by Gasteiger charge is 2.41.